The Hall–Kier alpha value is -1.25. The Bertz CT molecular complexity index is 253. The van der Waals surface area contributed by atoms with Crippen molar-refractivity contribution < 1.29 is 0 Å². The number of nitrogen functional groups attached to an aromatic ring is 1. The molecule has 1 aromatic rings. The Morgan fingerprint density at radius 2 is 2.00 bits per heavy atom. The molecule has 0 radical (unpaired) electrons. The number of nitrogens with two attached hydrogens (primary N) is 1. The van der Waals surface area contributed by atoms with Crippen LogP contribution in [0.4, 0.5) is 11.5 Å². The molecule has 0 aliphatic rings. The highest BCUT2D eigenvalue weighted by Crippen LogP contribution is 2.11. The van der Waals surface area contributed by atoms with Gasteiger partial charge in [0, 0.05) is 6.04 Å². The summed E-state index contributed by atoms with van der Waals surface area (Å²) in [7, 11) is 0. The van der Waals surface area contributed by atoms with E-state index in [2.05, 4.69) is 31.1 Å². The maximum atomic E-state index is 5.48. The molecule has 3 heteroatoms. The van der Waals surface area contributed by atoms with E-state index in [4.69, 9.17) is 5.73 Å². The molecule has 0 bridgehead atoms. The van der Waals surface area contributed by atoms with Gasteiger partial charge in [0.15, 0.2) is 0 Å². The molecule has 0 saturated heterocycles. The minimum atomic E-state index is 0.449. The zero-order chi connectivity index (χ0) is 9.84. The van der Waals surface area contributed by atoms with Gasteiger partial charge in [-0.25, -0.2) is 4.98 Å². The lowest BCUT2D eigenvalue weighted by Gasteiger charge is -2.18. The van der Waals surface area contributed by atoms with E-state index in [0.29, 0.717) is 17.8 Å². The molecule has 1 unspecified atom stereocenters. The molecule has 1 rings (SSSR count). The van der Waals surface area contributed by atoms with Gasteiger partial charge in [0.05, 0.1) is 11.9 Å². The third-order valence-electron chi connectivity index (χ3n) is 2.18. The van der Waals surface area contributed by atoms with Crippen molar-refractivity contribution in [3.8, 4) is 0 Å². The molecule has 0 aliphatic carbocycles. The summed E-state index contributed by atoms with van der Waals surface area (Å²) in [5, 5.41) is 3.35. The van der Waals surface area contributed by atoms with Crippen molar-refractivity contribution >= 4 is 11.5 Å². The molecule has 1 heterocycles. The van der Waals surface area contributed by atoms with Crippen LogP contribution in [0.5, 0.6) is 0 Å². The van der Waals surface area contributed by atoms with Gasteiger partial charge in [0.1, 0.15) is 5.82 Å². The summed E-state index contributed by atoms with van der Waals surface area (Å²) >= 11 is 0. The Morgan fingerprint density at radius 3 is 2.46 bits per heavy atom. The Morgan fingerprint density at radius 1 is 1.31 bits per heavy atom. The molecule has 13 heavy (non-hydrogen) atoms. The van der Waals surface area contributed by atoms with Gasteiger partial charge in [0.2, 0.25) is 0 Å². The summed E-state index contributed by atoms with van der Waals surface area (Å²) in [5.41, 5.74) is 6.50. The van der Waals surface area contributed by atoms with Crippen molar-refractivity contribution in [2.24, 2.45) is 5.92 Å². The average molecular weight is 179 g/mol. The molecule has 0 saturated carbocycles. The van der Waals surface area contributed by atoms with Gasteiger partial charge in [-0.1, -0.05) is 13.8 Å². The molecule has 0 aliphatic heterocycles. The van der Waals surface area contributed by atoms with Crippen LogP contribution in [0.15, 0.2) is 18.3 Å². The topological polar surface area (TPSA) is 50.9 Å². The van der Waals surface area contributed by atoms with E-state index in [-0.39, 0.29) is 0 Å². The van der Waals surface area contributed by atoms with Crippen LogP contribution in [0.25, 0.3) is 0 Å². The molecule has 0 aromatic carbocycles. The SMILES string of the molecule is CC(C)C(C)Nc1ccc(N)nc1. The third-order valence-corrected chi connectivity index (χ3v) is 2.18. The average Bonchev–Trinajstić information content (AvgIpc) is 2.08. The number of nitrogens with one attached hydrogen (secondary N) is 1. The second-order valence-corrected chi connectivity index (χ2v) is 3.65. The van der Waals surface area contributed by atoms with Crippen molar-refractivity contribution in [3.05, 3.63) is 18.3 Å². The van der Waals surface area contributed by atoms with Crippen LogP contribution in [-0.4, -0.2) is 11.0 Å². The summed E-state index contributed by atoms with van der Waals surface area (Å²) in [5.74, 6) is 1.17. The number of hydrogen-bond donors (Lipinski definition) is 2. The number of nitrogens with zero attached hydrogens (tertiary/aromatic N) is 1. The van der Waals surface area contributed by atoms with E-state index >= 15 is 0 Å². The highest BCUT2D eigenvalue weighted by molar-refractivity contribution is 5.45. The molecule has 1 atom stereocenters. The first-order valence-corrected chi connectivity index (χ1v) is 4.57. The lowest BCUT2D eigenvalue weighted by atomic mass is 10.1. The summed E-state index contributed by atoms with van der Waals surface area (Å²) in [6, 6.07) is 4.20. The van der Waals surface area contributed by atoms with Gasteiger partial charge >= 0.3 is 0 Å². The zero-order valence-electron chi connectivity index (χ0n) is 8.41. The first-order chi connectivity index (χ1) is 6.09. The fourth-order valence-electron chi connectivity index (χ4n) is 0.920. The molecule has 72 valence electrons. The van der Waals surface area contributed by atoms with Crippen LogP contribution in [0.3, 0.4) is 0 Å². The lowest BCUT2D eigenvalue weighted by Crippen LogP contribution is -2.21. The highest BCUT2D eigenvalue weighted by atomic mass is 14.9. The number of rotatable bonds is 3. The van der Waals surface area contributed by atoms with E-state index < -0.39 is 0 Å². The first kappa shape index (κ1) is 9.84. The Balaban J connectivity index is 2.59. The standard InChI is InChI=1S/C10H17N3/c1-7(2)8(3)13-9-4-5-10(11)12-6-9/h4-8,13H,1-3H3,(H2,11,12). The van der Waals surface area contributed by atoms with Crippen LogP contribution < -0.4 is 11.1 Å². The van der Waals surface area contributed by atoms with Crippen molar-refractivity contribution in [1.82, 2.24) is 4.98 Å². The fourth-order valence-corrected chi connectivity index (χ4v) is 0.920. The van der Waals surface area contributed by atoms with Gasteiger partial charge in [-0.3, -0.25) is 0 Å². The molecule has 3 N–H and O–H groups in total. The van der Waals surface area contributed by atoms with Gasteiger partial charge in [-0.2, -0.15) is 0 Å². The summed E-state index contributed by atoms with van der Waals surface area (Å²) < 4.78 is 0. The third kappa shape index (κ3) is 2.93. The van der Waals surface area contributed by atoms with Crippen molar-refractivity contribution in [3.63, 3.8) is 0 Å². The smallest absolute Gasteiger partial charge is 0.123 e. The highest BCUT2D eigenvalue weighted by Gasteiger charge is 2.05. The molecule has 0 amide bonds. The van der Waals surface area contributed by atoms with E-state index in [9.17, 15) is 0 Å². The molecule has 1 aromatic heterocycles. The van der Waals surface area contributed by atoms with Crippen LogP contribution in [0.1, 0.15) is 20.8 Å². The van der Waals surface area contributed by atoms with Gasteiger partial charge < -0.3 is 11.1 Å². The number of aromatic nitrogens is 1. The molecule has 3 nitrogen and oxygen atoms in total. The van der Waals surface area contributed by atoms with Gasteiger partial charge in [0.25, 0.3) is 0 Å². The lowest BCUT2D eigenvalue weighted by molar-refractivity contribution is 0.560. The fraction of sp³-hybridized carbons (Fsp3) is 0.500. The second kappa shape index (κ2) is 4.12. The van der Waals surface area contributed by atoms with Crippen LogP contribution in [0.2, 0.25) is 0 Å². The summed E-state index contributed by atoms with van der Waals surface area (Å²) in [6.45, 7) is 6.52. The second-order valence-electron chi connectivity index (χ2n) is 3.65. The Kier molecular flexibility index (Phi) is 3.12. The normalized spacial score (nSPS) is 12.9. The summed E-state index contributed by atoms with van der Waals surface area (Å²) in [4.78, 5) is 4.01. The Labute approximate surface area is 79.4 Å². The number of anilines is 2. The van der Waals surface area contributed by atoms with E-state index in [1.807, 2.05) is 6.07 Å². The summed E-state index contributed by atoms with van der Waals surface area (Å²) in [6.07, 6.45) is 1.76. The largest absolute Gasteiger partial charge is 0.384 e. The molecule has 0 fully saturated rings. The predicted molar refractivity (Wildman–Crippen MR) is 56.6 cm³/mol. The number of hydrogen-bond acceptors (Lipinski definition) is 3. The van der Waals surface area contributed by atoms with Gasteiger partial charge in [-0.05, 0) is 25.0 Å². The van der Waals surface area contributed by atoms with Crippen LogP contribution >= 0.6 is 0 Å². The zero-order valence-corrected chi connectivity index (χ0v) is 8.41. The van der Waals surface area contributed by atoms with E-state index in [1.165, 1.54) is 0 Å². The minimum Gasteiger partial charge on any atom is -0.384 e. The first-order valence-electron chi connectivity index (χ1n) is 4.57. The quantitative estimate of drug-likeness (QED) is 0.747. The monoisotopic (exact) mass is 179 g/mol. The maximum Gasteiger partial charge on any atom is 0.123 e. The minimum absolute atomic E-state index is 0.449. The van der Waals surface area contributed by atoms with Crippen molar-refractivity contribution in [1.29, 1.82) is 0 Å². The molecular formula is C10H17N3. The van der Waals surface area contributed by atoms with E-state index in [0.717, 1.165) is 5.69 Å². The molecular weight excluding hydrogens is 162 g/mol. The number of pyridine rings is 1. The predicted octanol–water partition coefficient (Wildman–Crippen LogP) is 2.12. The van der Waals surface area contributed by atoms with Crippen molar-refractivity contribution in [2.75, 3.05) is 11.1 Å². The van der Waals surface area contributed by atoms with Gasteiger partial charge in [-0.15, -0.1) is 0 Å². The van der Waals surface area contributed by atoms with Crippen LogP contribution in [0, 0.1) is 5.92 Å². The van der Waals surface area contributed by atoms with Crippen molar-refractivity contribution in [2.45, 2.75) is 26.8 Å². The molecule has 0 spiro atoms. The van der Waals surface area contributed by atoms with E-state index in [1.54, 1.807) is 12.3 Å². The maximum absolute atomic E-state index is 5.48. The van der Waals surface area contributed by atoms with Crippen LogP contribution in [-0.2, 0) is 0 Å².